The van der Waals surface area contributed by atoms with Crippen molar-refractivity contribution in [3.63, 3.8) is 0 Å². The Morgan fingerprint density at radius 1 is 1.12 bits per heavy atom. The minimum atomic E-state index is -0.666. The molecule has 0 bridgehead atoms. The second-order valence-corrected chi connectivity index (χ2v) is 10.3. The van der Waals surface area contributed by atoms with Gasteiger partial charge in [0.15, 0.2) is 9.45 Å². The van der Waals surface area contributed by atoms with Crippen LogP contribution >= 0.6 is 35.3 Å². The molecule has 0 atom stereocenters. The van der Waals surface area contributed by atoms with Crippen molar-refractivity contribution in [1.82, 2.24) is 15.5 Å². The molecule has 0 unspecified atom stereocenters. The largest absolute Gasteiger partial charge is 0.298 e. The highest BCUT2D eigenvalue weighted by molar-refractivity contribution is 8.01. The van der Waals surface area contributed by atoms with Crippen LogP contribution in [0.4, 0.5) is 11.4 Å². The van der Waals surface area contributed by atoms with E-state index in [1.165, 1.54) is 28.4 Å². The summed E-state index contributed by atoms with van der Waals surface area (Å²) in [5.74, 6) is -1.27. The van der Waals surface area contributed by atoms with Gasteiger partial charge in [0.2, 0.25) is 0 Å². The first-order valence-corrected chi connectivity index (χ1v) is 11.9. The Balaban J connectivity index is 1.71. The van der Waals surface area contributed by atoms with Crippen molar-refractivity contribution in [1.29, 1.82) is 0 Å². The van der Waals surface area contributed by atoms with E-state index in [2.05, 4.69) is 15.5 Å². The summed E-state index contributed by atoms with van der Waals surface area (Å²) >= 11 is 7.71. The minimum Gasteiger partial charge on any atom is -0.298 e. The van der Waals surface area contributed by atoms with E-state index in [-0.39, 0.29) is 16.4 Å². The topological polar surface area (TPSA) is 118 Å². The molecule has 0 spiro atoms. The van der Waals surface area contributed by atoms with Gasteiger partial charge in [0, 0.05) is 6.07 Å². The zero-order valence-electron chi connectivity index (χ0n) is 18.2. The quantitative estimate of drug-likeness (QED) is 0.177. The van der Waals surface area contributed by atoms with E-state index < -0.39 is 16.7 Å². The Morgan fingerprint density at radius 2 is 1.82 bits per heavy atom. The highest BCUT2D eigenvalue weighted by Crippen LogP contribution is 2.37. The molecule has 34 heavy (non-hydrogen) atoms. The molecule has 0 radical (unpaired) electrons. The molecule has 9 nitrogen and oxygen atoms in total. The lowest BCUT2D eigenvalue weighted by Gasteiger charge is -2.29. The Morgan fingerprint density at radius 3 is 2.44 bits per heavy atom. The molecule has 172 valence electrons. The van der Waals surface area contributed by atoms with Gasteiger partial charge in [-0.2, -0.15) is 0 Å². The first-order valence-electron chi connectivity index (χ1n) is 9.88. The van der Waals surface area contributed by atoms with E-state index >= 15 is 0 Å². The lowest BCUT2D eigenvalue weighted by Crippen LogP contribution is -2.54. The third-order valence-corrected chi connectivity index (χ3v) is 7.00. The van der Waals surface area contributed by atoms with Crippen molar-refractivity contribution in [3.05, 3.63) is 73.8 Å². The van der Waals surface area contributed by atoms with Gasteiger partial charge in [-0.3, -0.25) is 29.9 Å². The number of carbonyl (C=O) groups excluding carboxylic acids is 2. The van der Waals surface area contributed by atoms with Crippen LogP contribution < -0.4 is 10.2 Å². The van der Waals surface area contributed by atoms with E-state index in [1.807, 2.05) is 19.9 Å². The molecule has 0 saturated carbocycles. The van der Waals surface area contributed by atoms with Crippen LogP contribution in [0.2, 0.25) is 0 Å². The molecule has 12 heteroatoms. The normalized spacial score (nSPS) is 15.1. The summed E-state index contributed by atoms with van der Waals surface area (Å²) in [5, 5.41) is 22.9. The Labute approximate surface area is 208 Å². The molecular weight excluding hydrogens is 494 g/mol. The van der Waals surface area contributed by atoms with E-state index in [9.17, 15) is 19.7 Å². The number of nitrogens with zero attached hydrogens (tertiary/aromatic N) is 4. The number of aryl methyl sites for hydroxylation is 3. The zero-order valence-corrected chi connectivity index (χ0v) is 20.6. The summed E-state index contributed by atoms with van der Waals surface area (Å²) in [4.78, 5) is 38.7. The molecule has 3 aromatic rings. The molecule has 1 N–H and O–H groups in total. The maximum atomic E-state index is 13.3. The number of nitrogens with one attached hydrogen (secondary N) is 1. The van der Waals surface area contributed by atoms with Gasteiger partial charge in [0.05, 0.1) is 15.5 Å². The smallest absolute Gasteiger partial charge is 0.283 e. The van der Waals surface area contributed by atoms with Crippen molar-refractivity contribution in [2.45, 2.75) is 30.0 Å². The molecule has 1 aliphatic rings. The Bertz CT molecular complexity index is 1380. The fourth-order valence-electron chi connectivity index (χ4n) is 3.41. The molecule has 1 saturated heterocycles. The first kappa shape index (κ1) is 23.7. The number of hydrogen-bond acceptors (Lipinski definition) is 9. The van der Waals surface area contributed by atoms with Crippen LogP contribution in [-0.4, -0.2) is 32.0 Å². The monoisotopic (exact) mass is 511 g/mol. The lowest BCUT2D eigenvalue weighted by atomic mass is 10.1. The predicted molar refractivity (Wildman–Crippen MR) is 134 cm³/mol. The number of carbonyl (C=O) groups is 2. The van der Waals surface area contributed by atoms with Crippen LogP contribution in [0.15, 0.2) is 51.2 Å². The van der Waals surface area contributed by atoms with Gasteiger partial charge in [-0.25, -0.2) is 0 Å². The lowest BCUT2D eigenvalue weighted by molar-refractivity contribution is -0.387. The van der Waals surface area contributed by atoms with Crippen molar-refractivity contribution >= 4 is 69.7 Å². The van der Waals surface area contributed by atoms with Crippen LogP contribution in [0.25, 0.3) is 6.08 Å². The van der Waals surface area contributed by atoms with Crippen LogP contribution in [0.5, 0.6) is 0 Å². The SMILES string of the molecule is Cc1cc(C)cc(N2C(=O)/C(=C/c3ccc(Sc4nnc(C)s4)c([N+](=O)[O-])c3)C(=O)NC2=S)c1. The number of thiocarbonyl (C=S) groups is 1. The molecular formula is C22H17N5O4S3. The number of aromatic nitrogens is 2. The van der Waals surface area contributed by atoms with Gasteiger partial charge < -0.3 is 0 Å². The Hall–Kier alpha value is -3.48. The van der Waals surface area contributed by atoms with Crippen molar-refractivity contribution in [2.24, 2.45) is 0 Å². The number of nitro groups is 1. The summed E-state index contributed by atoms with van der Waals surface area (Å²) < 4.78 is 0.575. The van der Waals surface area contributed by atoms with E-state index in [0.717, 1.165) is 27.9 Å². The summed E-state index contributed by atoms with van der Waals surface area (Å²) in [6, 6.07) is 10.0. The number of amides is 2. The van der Waals surface area contributed by atoms with E-state index in [0.29, 0.717) is 20.5 Å². The number of nitro benzene ring substituents is 1. The summed E-state index contributed by atoms with van der Waals surface area (Å²) in [6.45, 7) is 5.58. The summed E-state index contributed by atoms with van der Waals surface area (Å²) in [6.07, 6.45) is 1.33. The predicted octanol–water partition coefficient (Wildman–Crippen LogP) is 4.35. The average molecular weight is 512 g/mol. The maximum Gasteiger partial charge on any atom is 0.283 e. The van der Waals surface area contributed by atoms with Gasteiger partial charge in [0.1, 0.15) is 10.6 Å². The van der Waals surface area contributed by atoms with Crippen molar-refractivity contribution in [3.8, 4) is 0 Å². The zero-order chi connectivity index (χ0) is 24.6. The fraction of sp³-hybridized carbons (Fsp3) is 0.136. The molecule has 0 aliphatic carbocycles. The van der Waals surface area contributed by atoms with Crippen LogP contribution in [0.1, 0.15) is 21.7 Å². The van der Waals surface area contributed by atoms with Gasteiger partial charge in [-0.15, -0.1) is 10.2 Å². The van der Waals surface area contributed by atoms with Crippen LogP contribution in [0, 0.1) is 30.9 Å². The third-order valence-electron chi connectivity index (χ3n) is 4.76. The molecule has 4 rings (SSSR count). The van der Waals surface area contributed by atoms with Crippen molar-refractivity contribution < 1.29 is 14.5 Å². The summed E-state index contributed by atoms with van der Waals surface area (Å²) in [5.41, 5.74) is 2.38. The average Bonchev–Trinajstić information content (AvgIpc) is 3.15. The highest BCUT2D eigenvalue weighted by atomic mass is 32.2. The number of anilines is 1. The standard InChI is InChI=1S/C22H17N5O4S3/c1-11-6-12(2)8-15(7-11)26-20(29)16(19(28)23-21(26)32)9-14-4-5-18(17(10-14)27(30)31)34-22-25-24-13(3)33-22/h4-10H,1-3H3,(H,23,28,32)/b16-9+. The molecule has 2 aromatic carbocycles. The fourth-order valence-corrected chi connectivity index (χ4v) is 5.54. The number of rotatable bonds is 5. The van der Waals surface area contributed by atoms with E-state index in [1.54, 1.807) is 31.2 Å². The molecule has 1 fully saturated rings. The maximum absolute atomic E-state index is 13.3. The molecule has 1 aromatic heterocycles. The van der Waals surface area contributed by atoms with Gasteiger partial charge in [0.25, 0.3) is 17.5 Å². The summed E-state index contributed by atoms with van der Waals surface area (Å²) in [7, 11) is 0. The molecule has 1 aliphatic heterocycles. The molecule has 2 heterocycles. The van der Waals surface area contributed by atoms with Gasteiger partial charge in [-0.05, 0) is 74.0 Å². The van der Waals surface area contributed by atoms with Crippen molar-refractivity contribution in [2.75, 3.05) is 4.90 Å². The first-order chi connectivity index (χ1) is 16.1. The van der Waals surface area contributed by atoms with Crippen LogP contribution in [-0.2, 0) is 9.59 Å². The van der Waals surface area contributed by atoms with Gasteiger partial charge >= 0.3 is 0 Å². The van der Waals surface area contributed by atoms with Crippen LogP contribution in [0.3, 0.4) is 0 Å². The number of benzene rings is 2. The van der Waals surface area contributed by atoms with E-state index in [4.69, 9.17) is 12.2 Å². The molecule has 2 amide bonds. The minimum absolute atomic E-state index is 0.0257. The highest BCUT2D eigenvalue weighted by Gasteiger charge is 2.34. The second kappa shape index (κ2) is 9.41. The number of hydrogen-bond donors (Lipinski definition) is 1. The third kappa shape index (κ3) is 4.88. The van der Waals surface area contributed by atoms with Gasteiger partial charge in [-0.1, -0.05) is 35.2 Å². The Kier molecular flexibility index (Phi) is 6.55. The second-order valence-electron chi connectivity index (χ2n) is 7.48.